The fourth-order valence-corrected chi connectivity index (χ4v) is 4.77. The van der Waals surface area contributed by atoms with E-state index in [4.69, 9.17) is 0 Å². The summed E-state index contributed by atoms with van der Waals surface area (Å²) >= 11 is 1.69. The van der Waals surface area contributed by atoms with E-state index in [1.54, 1.807) is 11.8 Å². The van der Waals surface area contributed by atoms with Gasteiger partial charge in [0.15, 0.2) is 0 Å². The molecule has 2 aliphatic heterocycles. The molecule has 2 aliphatic rings. The Morgan fingerprint density at radius 3 is 2.56 bits per heavy atom. The van der Waals surface area contributed by atoms with Gasteiger partial charge in [0.2, 0.25) is 11.8 Å². The highest BCUT2D eigenvalue weighted by Gasteiger charge is 2.32. The van der Waals surface area contributed by atoms with Gasteiger partial charge in [0, 0.05) is 19.2 Å². The molecule has 25 heavy (non-hydrogen) atoms. The molecule has 2 heterocycles. The molecule has 6 heteroatoms. The molecule has 5 nitrogen and oxygen atoms in total. The number of nitrogens with zero attached hydrogens (tertiary/aromatic N) is 2. The predicted molar refractivity (Wildman–Crippen MR) is 103 cm³/mol. The van der Waals surface area contributed by atoms with Gasteiger partial charge in [-0.2, -0.15) is 0 Å². The number of amides is 2. The standard InChI is InChI=1S/C19H27N3O2S/c1-15(23)20-17-8-6-16(7-9-17)19-22(18(24)14-25-19)13-5-12-21-10-3-2-4-11-21/h6-9,19H,2-5,10-14H2,1H3,(H,20,23). The quantitative estimate of drug-likeness (QED) is 0.846. The number of hydrogen-bond acceptors (Lipinski definition) is 4. The molecule has 3 rings (SSSR count). The van der Waals surface area contributed by atoms with Crippen LogP contribution in [0, 0.1) is 0 Å². The second-order valence-corrected chi connectivity index (χ2v) is 7.88. The average Bonchev–Trinajstić information content (AvgIpc) is 2.97. The van der Waals surface area contributed by atoms with E-state index < -0.39 is 0 Å². The minimum Gasteiger partial charge on any atom is -0.326 e. The maximum atomic E-state index is 12.3. The fourth-order valence-electron chi connectivity index (χ4n) is 3.55. The van der Waals surface area contributed by atoms with Crippen molar-refractivity contribution in [3.63, 3.8) is 0 Å². The van der Waals surface area contributed by atoms with E-state index in [1.165, 1.54) is 39.3 Å². The van der Waals surface area contributed by atoms with Gasteiger partial charge in [0.05, 0.1) is 5.75 Å². The highest BCUT2D eigenvalue weighted by molar-refractivity contribution is 8.00. The summed E-state index contributed by atoms with van der Waals surface area (Å²) < 4.78 is 0. The number of anilines is 1. The van der Waals surface area contributed by atoms with Gasteiger partial charge in [0.25, 0.3) is 0 Å². The Morgan fingerprint density at radius 1 is 1.16 bits per heavy atom. The first kappa shape index (κ1) is 18.3. The Labute approximate surface area is 154 Å². The molecule has 1 unspecified atom stereocenters. The molecule has 0 aliphatic carbocycles. The Hall–Kier alpha value is -1.53. The van der Waals surface area contributed by atoms with E-state index >= 15 is 0 Å². The van der Waals surface area contributed by atoms with Crippen molar-refractivity contribution >= 4 is 29.3 Å². The van der Waals surface area contributed by atoms with Gasteiger partial charge >= 0.3 is 0 Å². The molecule has 0 radical (unpaired) electrons. The molecule has 0 spiro atoms. The van der Waals surface area contributed by atoms with Crippen molar-refractivity contribution in [2.75, 3.05) is 37.2 Å². The third-order valence-electron chi connectivity index (χ3n) is 4.81. The number of benzene rings is 1. The molecule has 136 valence electrons. The van der Waals surface area contributed by atoms with Crippen LogP contribution in [0.4, 0.5) is 5.69 Å². The molecular formula is C19H27N3O2S. The summed E-state index contributed by atoms with van der Waals surface area (Å²) in [4.78, 5) is 28.0. The summed E-state index contributed by atoms with van der Waals surface area (Å²) in [5, 5.41) is 2.88. The molecule has 0 saturated carbocycles. The Balaban J connectivity index is 1.56. The second-order valence-electron chi connectivity index (χ2n) is 6.81. The van der Waals surface area contributed by atoms with Gasteiger partial charge in [-0.3, -0.25) is 9.59 Å². The van der Waals surface area contributed by atoms with E-state index in [2.05, 4.69) is 10.2 Å². The van der Waals surface area contributed by atoms with Crippen LogP contribution in [-0.2, 0) is 9.59 Å². The number of nitrogens with one attached hydrogen (secondary N) is 1. The zero-order valence-electron chi connectivity index (χ0n) is 14.9. The molecule has 0 aromatic heterocycles. The van der Waals surface area contributed by atoms with Crippen molar-refractivity contribution < 1.29 is 9.59 Å². The first-order chi connectivity index (χ1) is 12.1. The van der Waals surface area contributed by atoms with Crippen LogP contribution in [-0.4, -0.2) is 53.5 Å². The number of piperidine rings is 1. The van der Waals surface area contributed by atoms with Crippen LogP contribution >= 0.6 is 11.8 Å². The lowest BCUT2D eigenvalue weighted by molar-refractivity contribution is -0.128. The summed E-state index contributed by atoms with van der Waals surface area (Å²) in [5.41, 5.74) is 1.92. The van der Waals surface area contributed by atoms with E-state index in [-0.39, 0.29) is 17.2 Å². The number of carbonyl (C=O) groups excluding carboxylic acids is 2. The highest BCUT2D eigenvalue weighted by Crippen LogP contribution is 2.38. The van der Waals surface area contributed by atoms with Gasteiger partial charge in [-0.1, -0.05) is 18.6 Å². The van der Waals surface area contributed by atoms with Crippen LogP contribution in [0.5, 0.6) is 0 Å². The lowest BCUT2D eigenvalue weighted by Gasteiger charge is -2.29. The van der Waals surface area contributed by atoms with Crippen molar-refractivity contribution in [1.82, 2.24) is 9.80 Å². The van der Waals surface area contributed by atoms with E-state index in [0.717, 1.165) is 30.8 Å². The summed E-state index contributed by atoms with van der Waals surface area (Å²) in [5.74, 6) is 0.721. The van der Waals surface area contributed by atoms with E-state index in [1.807, 2.05) is 29.2 Å². The molecule has 1 aromatic rings. The summed E-state index contributed by atoms with van der Waals surface area (Å²) in [7, 11) is 0. The van der Waals surface area contributed by atoms with Crippen molar-refractivity contribution in [2.45, 2.75) is 38.0 Å². The van der Waals surface area contributed by atoms with E-state index in [9.17, 15) is 9.59 Å². The van der Waals surface area contributed by atoms with Crippen LogP contribution in [0.1, 0.15) is 43.5 Å². The minimum atomic E-state index is -0.0718. The first-order valence-corrected chi connectivity index (χ1v) is 10.2. The predicted octanol–water partition coefficient (Wildman–Crippen LogP) is 3.10. The number of hydrogen-bond donors (Lipinski definition) is 1. The van der Waals surface area contributed by atoms with Crippen LogP contribution in [0.15, 0.2) is 24.3 Å². The van der Waals surface area contributed by atoms with Crippen molar-refractivity contribution in [1.29, 1.82) is 0 Å². The van der Waals surface area contributed by atoms with Crippen LogP contribution in [0.25, 0.3) is 0 Å². The van der Waals surface area contributed by atoms with Gasteiger partial charge in [-0.05, 0) is 56.6 Å². The van der Waals surface area contributed by atoms with Gasteiger partial charge in [0.1, 0.15) is 5.37 Å². The van der Waals surface area contributed by atoms with Crippen molar-refractivity contribution in [3.8, 4) is 0 Å². The zero-order chi connectivity index (χ0) is 17.6. The zero-order valence-corrected chi connectivity index (χ0v) is 15.7. The molecule has 1 atom stereocenters. The number of likely N-dealkylation sites (tertiary alicyclic amines) is 1. The third-order valence-corrected chi connectivity index (χ3v) is 6.06. The van der Waals surface area contributed by atoms with Crippen LogP contribution in [0.2, 0.25) is 0 Å². The molecule has 1 aromatic carbocycles. The van der Waals surface area contributed by atoms with Crippen LogP contribution in [0.3, 0.4) is 0 Å². The molecule has 1 N–H and O–H groups in total. The topological polar surface area (TPSA) is 52.7 Å². The fraction of sp³-hybridized carbons (Fsp3) is 0.579. The van der Waals surface area contributed by atoms with Gasteiger partial charge in [-0.25, -0.2) is 0 Å². The van der Waals surface area contributed by atoms with Gasteiger partial charge < -0.3 is 15.1 Å². The van der Waals surface area contributed by atoms with Crippen LogP contribution < -0.4 is 5.32 Å². The maximum absolute atomic E-state index is 12.3. The lowest BCUT2D eigenvalue weighted by atomic mass is 10.1. The summed E-state index contributed by atoms with van der Waals surface area (Å²) in [6.07, 6.45) is 5.00. The molecule has 2 fully saturated rings. The maximum Gasteiger partial charge on any atom is 0.233 e. The smallest absolute Gasteiger partial charge is 0.233 e. The second kappa shape index (κ2) is 8.72. The molecule has 0 bridgehead atoms. The number of thioether (sulfide) groups is 1. The average molecular weight is 362 g/mol. The summed E-state index contributed by atoms with van der Waals surface area (Å²) in [6.45, 7) is 5.82. The molecule has 2 amide bonds. The van der Waals surface area contributed by atoms with Gasteiger partial charge in [-0.15, -0.1) is 11.8 Å². The van der Waals surface area contributed by atoms with Crippen molar-refractivity contribution in [3.05, 3.63) is 29.8 Å². The summed E-state index contributed by atoms with van der Waals surface area (Å²) in [6, 6.07) is 7.84. The Kier molecular flexibility index (Phi) is 6.37. The lowest BCUT2D eigenvalue weighted by Crippen LogP contribution is -2.34. The monoisotopic (exact) mass is 361 g/mol. The van der Waals surface area contributed by atoms with E-state index in [0.29, 0.717) is 5.75 Å². The Bertz CT molecular complexity index is 599. The normalized spacial score (nSPS) is 21.6. The first-order valence-electron chi connectivity index (χ1n) is 9.14. The highest BCUT2D eigenvalue weighted by atomic mass is 32.2. The SMILES string of the molecule is CC(=O)Nc1ccc(C2SCC(=O)N2CCCN2CCCCC2)cc1. The van der Waals surface area contributed by atoms with Crippen molar-refractivity contribution in [2.24, 2.45) is 0 Å². The molecule has 2 saturated heterocycles. The molecular weight excluding hydrogens is 334 g/mol. The number of carbonyl (C=O) groups is 2. The third kappa shape index (κ3) is 4.98. The Morgan fingerprint density at radius 2 is 1.88 bits per heavy atom. The minimum absolute atomic E-state index is 0.0718. The largest absolute Gasteiger partial charge is 0.326 e. The number of rotatable bonds is 6.